The van der Waals surface area contributed by atoms with E-state index in [1.807, 2.05) is 47.2 Å². The highest BCUT2D eigenvalue weighted by atomic mass is 127. The van der Waals surface area contributed by atoms with Gasteiger partial charge in [0.25, 0.3) is 11.7 Å². The Balaban J connectivity index is 1.72. The third-order valence-electron chi connectivity index (χ3n) is 5.22. The van der Waals surface area contributed by atoms with Crippen molar-refractivity contribution in [1.29, 1.82) is 0 Å². The lowest BCUT2D eigenvalue weighted by Gasteiger charge is -2.25. The molecule has 1 atom stereocenters. The molecule has 1 N–H and O–H groups in total. The lowest BCUT2D eigenvalue weighted by Crippen LogP contribution is -2.31. The van der Waals surface area contributed by atoms with Crippen LogP contribution >= 0.6 is 38.5 Å². The molecule has 0 bridgehead atoms. The van der Waals surface area contributed by atoms with Gasteiger partial charge in [-0.3, -0.25) is 9.59 Å². The quantitative estimate of drug-likeness (QED) is 0.194. The largest absolute Gasteiger partial charge is 0.507 e. The molecule has 1 aliphatic heterocycles. The minimum absolute atomic E-state index is 0.121. The number of halogens is 2. The highest BCUT2D eigenvalue weighted by Gasteiger charge is 2.45. The molecule has 0 aliphatic carbocycles. The van der Waals surface area contributed by atoms with E-state index in [4.69, 9.17) is 0 Å². The average Bonchev–Trinajstić information content (AvgIpc) is 3.37. The molecule has 6 nitrogen and oxygen atoms in total. The molecular formula is C23H19BrIN3O3. The van der Waals surface area contributed by atoms with Crippen LogP contribution in [0.4, 0.5) is 0 Å². The molecule has 1 saturated heterocycles. The molecule has 1 amide bonds. The lowest BCUT2D eigenvalue weighted by molar-refractivity contribution is -0.139. The number of aliphatic hydroxyl groups is 1. The number of nitrogens with zero attached hydrogens (tertiary/aromatic N) is 3. The molecule has 8 heteroatoms. The van der Waals surface area contributed by atoms with Crippen molar-refractivity contribution in [3.8, 4) is 0 Å². The molecule has 0 saturated carbocycles. The number of likely N-dealkylation sites (tertiary alicyclic amines) is 1. The molecule has 4 rings (SSSR count). The van der Waals surface area contributed by atoms with Crippen LogP contribution in [0.25, 0.3) is 5.76 Å². The third-order valence-corrected chi connectivity index (χ3v) is 6.47. The van der Waals surface area contributed by atoms with Gasteiger partial charge in [-0.1, -0.05) is 40.2 Å². The highest BCUT2D eigenvalue weighted by Crippen LogP contribution is 2.39. The van der Waals surface area contributed by atoms with Crippen LogP contribution in [0, 0.1) is 3.57 Å². The summed E-state index contributed by atoms with van der Waals surface area (Å²) in [6.45, 7) is 1.06. The van der Waals surface area contributed by atoms with Crippen molar-refractivity contribution in [3.63, 3.8) is 0 Å². The van der Waals surface area contributed by atoms with Crippen LogP contribution in [-0.2, 0) is 16.1 Å². The van der Waals surface area contributed by atoms with E-state index in [2.05, 4.69) is 43.5 Å². The van der Waals surface area contributed by atoms with E-state index in [9.17, 15) is 14.7 Å². The van der Waals surface area contributed by atoms with Crippen LogP contribution in [-0.4, -0.2) is 37.8 Å². The first-order valence-electron chi connectivity index (χ1n) is 9.71. The van der Waals surface area contributed by atoms with E-state index >= 15 is 0 Å². The number of carbonyl (C=O) groups excluding carboxylic acids is 2. The molecule has 31 heavy (non-hydrogen) atoms. The zero-order valence-corrected chi connectivity index (χ0v) is 20.2. The van der Waals surface area contributed by atoms with Gasteiger partial charge < -0.3 is 14.6 Å². The lowest BCUT2D eigenvalue weighted by atomic mass is 9.95. The van der Waals surface area contributed by atoms with E-state index in [0.29, 0.717) is 25.1 Å². The minimum Gasteiger partial charge on any atom is -0.507 e. The van der Waals surface area contributed by atoms with Crippen LogP contribution in [0.15, 0.2) is 77.3 Å². The molecule has 2 heterocycles. The number of benzene rings is 2. The molecule has 3 aromatic rings. The van der Waals surface area contributed by atoms with Gasteiger partial charge in [-0.25, -0.2) is 4.98 Å². The second-order valence-electron chi connectivity index (χ2n) is 7.20. The predicted octanol–water partition coefficient (Wildman–Crippen LogP) is 4.76. The summed E-state index contributed by atoms with van der Waals surface area (Å²) in [6.07, 6.45) is 5.93. The number of Topliss-reactive ketones (excluding diaryl/α,β-unsaturated/α-hetero) is 1. The molecule has 2 aromatic carbocycles. The Morgan fingerprint density at radius 2 is 1.77 bits per heavy atom. The Labute approximate surface area is 201 Å². The number of carbonyl (C=O) groups is 2. The summed E-state index contributed by atoms with van der Waals surface area (Å²) in [7, 11) is 0. The van der Waals surface area contributed by atoms with Gasteiger partial charge in [0.2, 0.25) is 0 Å². The first-order valence-corrected chi connectivity index (χ1v) is 11.6. The number of imidazole rings is 1. The van der Waals surface area contributed by atoms with Crippen LogP contribution in [0.5, 0.6) is 0 Å². The normalized spacial score (nSPS) is 18.0. The van der Waals surface area contributed by atoms with Crippen molar-refractivity contribution < 1.29 is 14.7 Å². The van der Waals surface area contributed by atoms with Crippen molar-refractivity contribution in [3.05, 3.63) is 92.0 Å². The first-order chi connectivity index (χ1) is 15.0. The summed E-state index contributed by atoms with van der Waals surface area (Å²) in [4.78, 5) is 31.5. The number of aryl methyl sites for hydroxylation is 1. The molecule has 1 unspecified atom stereocenters. The Morgan fingerprint density at radius 1 is 1.06 bits per heavy atom. The molecular weight excluding hydrogens is 573 g/mol. The number of aromatic nitrogens is 2. The van der Waals surface area contributed by atoms with Gasteiger partial charge in [0.1, 0.15) is 5.76 Å². The van der Waals surface area contributed by atoms with E-state index in [1.54, 1.807) is 29.6 Å². The topological polar surface area (TPSA) is 75.4 Å². The number of amides is 1. The molecule has 158 valence electrons. The maximum Gasteiger partial charge on any atom is 0.295 e. The molecule has 1 aliphatic rings. The Morgan fingerprint density at radius 3 is 2.42 bits per heavy atom. The summed E-state index contributed by atoms with van der Waals surface area (Å²) in [5.74, 6) is -1.41. The Hall–Kier alpha value is -2.46. The fraction of sp³-hybridized carbons (Fsp3) is 0.174. The summed E-state index contributed by atoms with van der Waals surface area (Å²) < 4.78 is 3.83. The van der Waals surface area contributed by atoms with Gasteiger partial charge in [0.05, 0.1) is 17.9 Å². The van der Waals surface area contributed by atoms with Gasteiger partial charge in [-0.05, 0) is 58.8 Å². The smallest absolute Gasteiger partial charge is 0.295 e. The van der Waals surface area contributed by atoms with Gasteiger partial charge in [-0.15, -0.1) is 0 Å². The fourth-order valence-electron chi connectivity index (χ4n) is 3.71. The Bertz CT molecular complexity index is 1130. The number of rotatable bonds is 6. The second kappa shape index (κ2) is 9.35. The van der Waals surface area contributed by atoms with E-state index in [0.717, 1.165) is 13.6 Å². The standard InChI is InChI=1S/C23H19BrIN3O3/c24-17-6-2-15(3-7-17)20-19(21(29)16-4-8-18(25)9-5-16)22(30)23(31)28(20)12-1-11-27-13-10-26-14-27/h2-10,13-14,20,29H,1,11-12H2. The zero-order chi connectivity index (χ0) is 22.0. The van der Waals surface area contributed by atoms with E-state index in [-0.39, 0.29) is 11.3 Å². The predicted molar refractivity (Wildman–Crippen MR) is 129 cm³/mol. The molecule has 1 fully saturated rings. The average molecular weight is 592 g/mol. The number of ketones is 1. The van der Waals surface area contributed by atoms with Crippen molar-refractivity contribution in [2.75, 3.05) is 6.54 Å². The Kier molecular flexibility index (Phi) is 6.57. The van der Waals surface area contributed by atoms with Gasteiger partial charge in [-0.2, -0.15) is 0 Å². The van der Waals surface area contributed by atoms with Crippen molar-refractivity contribution in [2.24, 2.45) is 0 Å². The summed E-state index contributed by atoms with van der Waals surface area (Å²) in [5, 5.41) is 11.0. The van der Waals surface area contributed by atoms with Crippen LogP contribution < -0.4 is 0 Å². The molecule has 1 aromatic heterocycles. The summed E-state index contributed by atoms with van der Waals surface area (Å²) in [6, 6.07) is 14.0. The van der Waals surface area contributed by atoms with Gasteiger partial charge in [0.15, 0.2) is 0 Å². The zero-order valence-electron chi connectivity index (χ0n) is 16.4. The number of hydrogen-bond donors (Lipinski definition) is 1. The van der Waals surface area contributed by atoms with E-state index in [1.165, 1.54) is 0 Å². The first kappa shape index (κ1) is 21.8. The van der Waals surface area contributed by atoms with E-state index < -0.39 is 17.7 Å². The van der Waals surface area contributed by atoms with Gasteiger partial charge >= 0.3 is 0 Å². The molecule has 0 radical (unpaired) electrons. The van der Waals surface area contributed by atoms with Crippen molar-refractivity contribution in [1.82, 2.24) is 14.5 Å². The fourth-order valence-corrected chi connectivity index (χ4v) is 4.33. The SMILES string of the molecule is O=C1C(=O)N(CCCn2ccnc2)C(c2ccc(Br)cc2)C1=C(O)c1ccc(I)cc1. The highest BCUT2D eigenvalue weighted by molar-refractivity contribution is 14.1. The number of aliphatic hydroxyl groups excluding tert-OH is 1. The monoisotopic (exact) mass is 591 g/mol. The second-order valence-corrected chi connectivity index (χ2v) is 9.37. The summed E-state index contributed by atoms with van der Waals surface area (Å²) in [5.41, 5.74) is 1.41. The molecule has 0 spiro atoms. The summed E-state index contributed by atoms with van der Waals surface area (Å²) >= 11 is 5.60. The number of hydrogen-bond acceptors (Lipinski definition) is 4. The van der Waals surface area contributed by atoms with Crippen molar-refractivity contribution in [2.45, 2.75) is 19.0 Å². The van der Waals surface area contributed by atoms with Crippen LogP contribution in [0.1, 0.15) is 23.6 Å². The van der Waals surface area contributed by atoms with Crippen molar-refractivity contribution >= 4 is 56.0 Å². The van der Waals surface area contributed by atoms with Crippen LogP contribution in [0.3, 0.4) is 0 Å². The minimum atomic E-state index is -0.661. The third kappa shape index (κ3) is 4.59. The maximum absolute atomic E-state index is 13.0. The van der Waals surface area contributed by atoms with Gasteiger partial charge in [0, 0.05) is 39.1 Å². The van der Waals surface area contributed by atoms with Crippen LogP contribution in [0.2, 0.25) is 0 Å². The maximum atomic E-state index is 13.0.